The highest BCUT2D eigenvalue weighted by Gasteiger charge is 2.30. The molecule has 0 spiro atoms. The van der Waals surface area contributed by atoms with Crippen LogP contribution in [0.25, 0.3) is 0 Å². The van der Waals surface area contributed by atoms with Gasteiger partial charge in [0.2, 0.25) is 0 Å². The fraction of sp³-hybridized carbons (Fsp3) is 0.953. The second-order valence-corrected chi connectivity index (χ2v) is 33.8. The molecule has 0 radical (unpaired) electrons. The van der Waals surface area contributed by atoms with Crippen LogP contribution in [0.5, 0.6) is 0 Å². The van der Waals surface area contributed by atoms with Crippen molar-refractivity contribution in [2.75, 3.05) is 39.6 Å². The molecule has 0 aliphatic carbocycles. The molecule has 0 saturated carbocycles. The Hall–Kier alpha value is -1.94. The number of carbonyl (C=O) groups excluding carboxylic acids is 4. The number of carbonyl (C=O) groups is 4. The molecule has 2 unspecified atom stereocenters. The molecule has 0 aliphatic rings. The van der Waals surface area contributed by atoms with E-state index in [1.807, 2.05) is 0 Å². The summed E-state index contributed by atoms with van der Waals surface area (Å²) in [5.74, 6) is -2.10. The van der Waals surface area contributed by atoms with E-state index in [0.717, 1.165) is 89.9 Å². The first-order chi connectivity index (χ1) is 51.2. The first kappa shape index (κ1) is 103. The smallest absolute Gasteiger partial charge is 0.462 e. The van der Waals surface area contributed by atoms with Gasteiger partial charge in [-0.3, -0.25) is 37.3 Å². The van der Waals surface area contributed by atoms with Crippen LogP contribution in [0.15, 0.2) is 0 Å². The van der Waals surface area contributed by atoms with Crippen LogP contribution in [0, 0.1) is 0 Å². The molecule has 19 heteroatoms. The van der Waals surface area contributed by atoms with Crippen molar-refractivity contribution in [3.05, 3.63) is 0 Å². The fourth-order valence-electron chi connectivity index (χ4n) is 13.5. The van der Waals surface area contributed by atoms with Crippen molar-refractivity contribution in [1.82, 2.24) is 0 Å². The van der Waals surface area contributed by atoms with Crippen molar-refractivity contribution in [2.45, 2.75) is 489 Å². The van der Waals surface area contributed by atoms with Crippen LogP contribution in [0.3, 0.4) is 0 Å². The molecule has 624 valence electrons. The van der Waals surface area contributed by atoms with E-state index in [0.29, 0.717) is 25.7 Å². The van der Waals surface area contributed by atoms with E-state index in [2.05, 4.69) is 27.7 Å². The van der Waals surface area contributed by atoms with E-state index >= 15 is 0 Å². The van der Waals surface area contributed by atoms with Crippen LogP contribution >= 0.6 is 15.6 Å². The summed E-state index contributed by atoms with van der Waals surface area (Å²) in [5.41, 5.74) is 0. The van der Waals surface area contributed by atoms with Gasteiger partial charge in [0, 0.05) is 25.7 Å². The van der Waals surface area contributed by atoms with Crippen molar-refractivity contribution in [1.29, 1.82) is 0 Å². The molecule has 0 rings (SSSR count). The average Bonchev–Trinajstić information content (AvgIpc) is 0.913. The van der Waals surface area contributed by atoms with Gasteiger partial charge in [-0.2, -0.15) is 0 Å². The molecule has 3 N–H and O–H groups in total. The summed E-state index contributed by atoms with van der Waals surface area (Å²) in [4.78, 5) is 73.2. The molecule has 0 amide bonds. The lowest BCUT2D eigenvalue weighted by molar-refractivity contribution is -0.161. The lowest BCUT2D eigenvalue weighted by Crippen LogP contribution is -2.30. The standard InChI is InChI=1S/C86H168O17P2/c1-5-9-13-17-21-25-29-33-35-37-39-41-43-45-49-53-57-61-65-69-73-86(91)103-82(77-97-84(89)71-67-63-59-55-51-48-44-42-40-38-36-34-30-26-22-18-14-10-6-2)79-101-105(94,95)99-75-80(87)74-98-104(92,93)100-78-81(102-85(90)72-68-64-60-56-52-47-32-28-24-20-16-12-8-4)76-96-83(88)70-66-62-58-54-50-46-31-27-23-19-15-11-7-3/h80-82,87H,5-79H2,1-4H3,(H,92,93)(H,94,95)/t80-,81+,82+/m0/s1. The number of ether oxygens (including phenoxy) is 4. The summed E-state index contributed by atoms with van der Waals surface area (Å²) in [6, 6.07) is 0. The second-order valence-electron chi connectivity index (χ2n) is 30.9. The first-order valence-corrected chi connectivity index (χ1v) is 47.8. The van der Waals surface area contributed by atoms with Gasteiger partial charge in [0.25, 0.3) is 0 Å². The van der Waals surface area contributed by atoms with Gasteiger partial charge in [-0.25, -0.2) is 9.13 Å². The quantitative estimate of drug-likeness (QED) is 0.0222. The maximum atomic E-state index is 13.2. The van der Waals surface area contributed by atoms with Crippen molar-refractivity contribution in [3.63, 3.8) is 0 Å². The lowest BCUT2D eigenvalue weighted by atomic mass is 10.0. The number of phosphoric acid groups is 2. The number of rotatable bonds is 87. The Morgan fingerprint density at radius 3 is 0.562 bits per heavy atom. The van der Waals surface area contributed by atoms with Crippen LogP contribution in [0.1, 0.15) is 471 Å². The molecule has 0 aromatic heterocycles. The minimum absolute atomic E-state index is 0.109. The van der Waals surface area contributed by atoms with E-state index in [9.17, 15) is 43.2 Å². The maximum Gasteiger partial charge on any atom is 0.472 e. The summed E-state index contributed by atoms with van der Waals surface area (Å²) in [6.07, 6.45) is 74.9. The van der Waals surface area contributed by atoms with Crippen molar-refractivity contribution in [2.24, 2.45) is 0 Å². The monoisotopic (exact) mass is 1540 g/mol. The Morgan fingerprint density at radius 2 is 0.381 bits per heavy atom. The minimum Gasteiger partial charge on any atom is -0.462 e. The van der Waals surface area contributed by atoms with Crippen LogP contribution < -0.4 is 0 Å². The summed E-state index contributed by atoms with van der Waals surface area (Å²) in [7, 11) is -9.93. The number of phosphoric ester groups is 2. The summed E-state index contributed by atoms with van der Waals surface area (Å²) < 4.78 is 68.9. The van der Waals surface area contributed by atoms with E-state index in [1.165, 1.54) is 302 Å². The molecule has 0 aromatic carbocycles. The van der Waals surface area contributed by atoms with Crippen LogP contribution in [0.2, 0.25) is 0 Å². The summed E-state index contributed by atoms with van der Waals surface area (Å²) in [5, 5.41) is 10.7. The zero-order valence-corrected chi connectivity index (χ0v) is 70.5. The second kappa shape index (κ2) is 80.1. The first-order valence-electron chi connectivity index (χ1n) is 44.8. The molecule has 105 heavy (non-hydrogen) atoms. The topological polar surface area (TPSA) is 237 Å². The van der Waals surface area contributed by atoms with E-state index in [-0.39, 0.29) is 25.7 Å². The van der Waals surface area contributed by atoms with Gasteiger partial charge in [-0.1, -0.05) is 419 Å². The lowest BCUT2D eigenvalue weighted by Gasteiger charge is -2.21. The highest BCUT2D eigenvalue weighted by Crippen LogP contribution is 2.45. The zero-order valence-electron chi connectivity index (χ0n) is 68.7. The van der Waals surface area contributed by atoms with Crippen LogP contribution in [-0.2, 0) is 65.4 Å². The molecule has 0 heterocycles. The van der Waals surface area contributed by atoms with Gasteiger partial charge in [0.15, 0.2) is 12.2 Å². The molecule has 0 bridgehead atoms. The molecule has 0 fully saturated rings. The fourth-order valence-corrected chi connectivity index (χ4v) is 15.1. The van der Waals surface area contributed by atoms with Crippen LogP contribution in [-0.4, -0.2) is 96.7 Å². The molecule has 17 nitrogen and oxygen atoms in total. The maximum absolute atomic E-state index is 13.2. The number of unbranched alkanes of at least 4 members (excludes halogenated alkanes) is 61. The molecular weight excluding hydrogens is 1370 g/mol. The minimum atomic E-state index is -4.96. The van der Waals surface area contributed by atoms with Crippen molar-refractivity contribution in [3.8, 4) is 0 Å². The predicted molar refractivity (Wildman–Crippen MR) is 432 cm³/mol. The normalized spacial score (nSPS) is 13.7. The highest BCUT2D eigenvalue weighted by molar-refractivity contribution is 7.47. The van der Waals surface area contributed by atoms with Gasteiger partial charge in [0.05, 0.1) is 26.4 Å². The molecule has 0 aromatic rings. The van der Waals surface area contributed by atoms with Gasteiger partial charge >= 0.3 is 39.5 Å². The Morgan fingerprint density at radius 1 is 0.229 bits per heavy atom. The summed E-state index contributed by atoms with van der Waals surface area (Å²) in [6.45, 7) is 5.06. The Kier molecular flexibility index (Phi) is 78.6. The third kappa shape index (κ3) is 79.9. The van der Waals surface area contributed by atoms with E-state index < -0.39 is 97.5 Å². The van der Waals surface area contributed by atoms with E-state index in [4.69, 9.17) is 37.0 Å². The number of esters is 4. The van der Waals surface area contributed by atoms with Crippen LogP contribution in [0.4, 0.5) is 0 Å². The number of aliphatic hydroxyl groups excluding tert-OH is 1. The molecule has 0 aliphatic heterocycles. The Balaban J connectivity index is 5.24. The Bertz CT molecular complexity index is 1980. The molecular formula is C86H168O17P2. The summed E-state index contributed by atoms with van der Waals surface area (Å²) >= 11 is 0. The predicted octanol–water partition coefficient (Wildman–Crippen LogP) is 26.5. The van der Waals surface area contributed by atoms with Gasteiger partial charge in [0.1, 0.15) is 19.3 Å². The van der Waals surface area contributed by atoms with Gasteiger partial charge in [-0.15, -0.1) is 0 Å². The SMILES string of the molecule is CCCCCCCCCCCCCCCCCCCCCCC(=O)O[C@H](COC(=O)CCCCCCCCCCCCCCCCCCCCC)COP(=O)(O)OC[C@@H](O)COP(=O)(O)OC[C@@H](COC(=O)CCCCCCCCCCCCCCC)OC(=O)CCCCCCCCCCCCCCC. The molecule has 5 atom stereocenters. The largest absolute Gasteiger partial charge is 0.472 e. The number of hydrogen-bond acceptors (Lipinski definition) is 15. The number of aliphatic hydroxyl groups is 1. The van der Waals surface area contributed by atoms with Gasteiger partial charge < -0.3 is 33.8 Å². The zero-order chi connectivity index (χ0) is 76.7. The van der Waals surface area contributed by atoms with E-state index in [1.54, 1.807) is 0 Å². The number of hydrogen-bond donors (Lipinski definition) is 3. The van der Waals surface area contributed by atoms with Gasteiger partial charge in [-0.05, 0) is 25.7 Å². The molecule has 0 saturated heterocycles. The van der Waals surface area contributed by atoms with Crippen molar-refractivity contribution < 1.29 is 80.2 Å². The van der Waals surface area contributed by atoms with Crippen molar-refractivity contribution >= 4 is 39.5 Å². The highest BCUT2D eigenvalue weighted by atomic mass is 31.2. The third-order valence-corrected chi connectivity index (χ3v) is 22.3. The third-order valence-electron chi connectivity index (χ3n) is 20.4. The Labute approximate surface area is 645 Å². The average molecular weight is 1540 g/mol.